The first-order valence-electron chi connectivity index (χ1n) is 6.23. The van der Waals surface area contributed by atoms with Crippen molar-refractivity contribution in [2.75, 3.05) is 0 Å². The van der Waals surface area contributed by atoms with E-state index in [4.69, 9.17) is 5.26 Å². The topological polar surface area (TPSA) is 27.7 Å². The van der Waals surface area contributed by atoms with E-state index in [1.54, 1.807) is 0 Å². The van der Waals surface area contributed by atoms with Crippen LogP contribution in [-0.4, -0.2) is 0 Å². The fourth-order valence-electron chi connectivity index (χ4n) is 2.31. The zero-order valence-electron chi connectivity index (χ0n) is 10.5. The summed E-state index contributed by atoms with van der Waals surface area (Å²) < 4.78 is 2.04. The standard InChI is InChI=1S/C17H13N2/c18-11-14-5-4-10-19(12-14)13-16-8-3-7-15-6-1-2-9-17(15)16/h1-10,12H,13H2/q+1. The molecule has 0 amide bonds. The molecular weight excluding hydrogens is 232 g/mol. The van der Waals surface area contributed by atoms with E-state index in [9.17, 15) is 0 Å². The van der Waals surface area contributed by atoms with Gasteiger partial charge >= 0.3 is 0 Å². The van der Waals surface area contributed by atoms with E-state index in [0.717, 1.165) is 6.54 Å². The van der Waals surface area contributed by atoms with Crippen LogP contribution in [0.5, 0.6) is 0 Å². The molecule has 0 atom stereocenters. The van der Waals surface area contributed by atoms with E-state index in [1.807, 2.05) is 29.1 Å². The Bertz CT molecular complexity index is 764. The molecule has 0 saturated carbocycles. The summed E-state index contributed by atoms with van der Waals surface area (Å²) in [5, 5.41) is 11.4. The number of hydrogen-bond acceptors (Lipinski definition) is 1. The molecule has 0 aliphatic carbocycles. The molecule has 2 nitrogen and oxygen atoms in total. The highest BCUT2D eigenvalue weighted by atomic mass is 14.9. The van der Waals surface area contributed by atoms with Crippen molar-refractivity contribution >= 4 is 10.8 Å². The molecular formula is C17H13N2+. The van der Waals surface area contributed by atoms with Crippen molar-refractivity contribution in [1.82, 2.24) is 0 Å². The molecule has 19 heavy (non-hydrogen) atoms. The van der Waals surface area contributed by atoms with Crippen LogP contribution in [0.1, 0.15) is 11.1 Å². The summed E-state index contributed by atoms with van der Waals surface area (Å²) in [7, 11) is 0. The minimum absolute atomic E-state index is 0.683. The third-order valence-electron chi connectivity index (χ3n) is 3.22. The van der Waals surface area contributed by atoms with Gasteiger partial charge in [0.2, 0.25) is 0 Å². The summed E-state index contributed by atoms with van der Waals surface area (Å²) in [6.07, 6.45) is 3.87. The monoisotopic (exact) mass is 245 g/mol. The maximum Gasteiger partial charge on any atom is 0.186 e. The van der Waals surface area contributed by atoms with Gasteiger partial charge in [0.25, 0.3) is 0 Å². The van der Waals surface area contributed by atoms with Crippen molar-refractivity contribution in [3.05, 3.63) is 78.1 Å². The zero-order chi connectivity index (χ0) is 13.1. The van der Waals surface area contributed by atoms with Crippen molar-refractivity contribution in [2.45, 2.75) is 6.54 Å². The largest absolute Gasteiger partial charge is 0.199 e. The van der Waals surface area contributed by atoms with E-state index < -0.39 is 0 Å². The predicted molar refractivity (Wildman–Crippen MR) is 74.4 cm³/mol. The molecule has 0 aliphatic rings. The van der Waals surface area contributed by atoms with Crippen molar-refractivity contribution < 1.29 is 4.57 Å². The lowest BCUT2D eigenvalue weighted by Gasteiger charge is -2.03. The van der Waals surface area contributed by atoms with E-state index in [-0.39, 0.29) is 0 Å². The van der Waals surface area contributed by atoms with Gasteiger partial charge in [0.05, 0.1) is 0 Å². The van der Waals surface area contributed by atoms with Gasteiger partial charge in [0.1, 0.15) is 11.6 Å². The molecule has 3 aromatic rings. The Balaban J connectivity index is 2.04. The second-order valence-electron chi connectivity index (χ2n) is 4.52. The van der Waals surface area contributed by atoms with Gasteiger partial charge in [-0.1, -0.05) is 42.5 Å². The third kappa shape index (κ3) is 2.31. The molecule has 0 N–H and O–H groups in total. The lowest BCUT2D eigenvalue weighted by molar-refractivity contribution is -0.688. The minimum Gasteiger partial charge on any atom is -0.199 e. The highest BCUT2D eigenvalue weighted by Crippen LogP contribution is 2.18. The number of rotatable bonds is 2. The average Bonchev–Trinajstić information content (AvgIpc) is 2.48. The summed E-state index contributed by atoms with van der Waals surface area (Å²) in [4.78, 5) is 0. The maximum atomic E-state index is 8.94. The van der Waals surface area contributed by atoms with Crippen LogP contribution in [0.4, 0.5) is 0 Å². The second-order valence-corrected chi connectivity index (χ2v) is 4.52. The lowest BCUT2D eigenvalue weighted by atomic mass is 10.0. The average molecular weight is 245 g/mol. The van der Waals surface area contributed by atoms with E-state index in [0.29, 0.717) is 5.56 Å². The summed E-state index contributed by atoms with van der Waals surface area (Å²) in [5.74, 6) is 0. The summed E-state index contributed by atoms with van der Waals surface area (Å²) in [6, 6.07) is 20.6. The van der Waals surface area contributed by atoms with E-state index >= 15 is 0 Å². The first-order valence-corrected chi connectivity index (χ1v) is 6.23. The predicted octanol–water partition coefficient (Wildman–Crippen LogP) is 3.05. The van der Waals surface area contributed by atoms with E-state index in [1.165, 1.54) is 16.3 Å². The van der Waals surface area contributed by atoms with Crippen LogP contribution in [-0.2, 0) is 6.54 Å². The Morgan fingerprint density at radius 3 is 2.68 bits per heavy atom. The smallest absolute Gasteiger partial charge is 0.186 e. The number of benzene rings is 2. The highest BCUT2D eigenvalue weighted by Gasteiger charge is 2.07. The molecule has 0 saturated heterocycles. The number of nitriles is 1. The van der Waals surface area contributed by atoms with Crippen molar-refractivity contribution in [1.29, 1.82) is 5.26 Å². The molecule has 90 valence electrons. The quantitative estimate of drug-likeness (QED) is 0.638. The van der Waals surface area contributed by atoms with Crippen LogP contribution in [0.2, 0.25) is 0 Å². The van der Waals surface area contributed by atoms with Gasteiger partial charge in [-0.2, -0.15) is 9.83 Å². The molecule has 0 spiro atoms. The van der Waals surface area contributed by atoms with Crippen molar-refractivity contribution in [3.63, 3.8) is 0 Å². The summed E-state index contributed by atoms with van der Waals surface area (Å²) >= 11 is 0. The molecule has 1 heterocycles. The lowest BCUT2D eigenvalue weighted by Crippen LogP contribution is -2.33. The normalized spacial score (nSPS) is 10.3. The number of aromatic nitrogens is 1. The molecule has 2 aromatic carbocycles. The zero-order valence-corrected chi connectivity index (χ0v) is 10.5. The van der Waals surface area contributed by atoms with Crippen LogP contribution in [0.25, 0.3) is 10.8 Å². The molecule has 0 fully saturated rings. The Hall–Kier alpha value is -2.66. The van der Waals surface area contributed by atoms with Crippen LogP contribution in [0.3, 0.4) is 0 Å². The summed E-state index contributed by atoms with van der Waals surface area (Å²) in [5.41, 5.74) is 1.95. The molecule has 0 aliphatic heterocycles. The number of nitrogens with zero attached hydrogens (tertiary/aromatic N) is 2. The number of hydrogen-bond donors (Lipinski definition) is 0. The second kappa shape index (κ2) is 4.91. The third-order valence-corrected chi connectivity index (χ3v) is 3.22. The Kier molecular flexibility index (Phi) is 2.96. The number of fused-ring (bicyclic) bond motifs is 1. The van der Waals surface area contributed by atoms with Gasteiger partial charge in [-0.25, -0.2) is 0 Å². The van der Waals surface area contributed by atoms with Crippen LogP contribution < -0.4 is 4.57 Å². The van der Waals surface area contributed by atoms with Gasteiger partial charge in [-0.15, -0.1) is 0 Å². The van der Waals surface area contributed by atoms with Crippen molar-refractivity contribution in [2.24, 2.45) is 0 Å². The van der Waals surface area contributed by atoms with E-state index in [2.05, 4.69) is 48.5 Å². The summed E-state index contributed by atoms with van der Waals surface area (Å²) in [6.45, 7) is 0.775. The van der Waals surface area contributed by atoms with Crippen molar-refractivity contribution in [3.8, 4) is 6.07 Å². The van der Waals surface area contributed by atoms with Gasteiger partial charge in [0, 0.05) is 11.6 Å². The van der Waals surface area contributed by atoms with Gasteiger partial charge in [-0.05, 0) is 16.8 Å². The molecule has 0 bridgehead atoms. The minimum atomic E-state index is 0.683. The first-order chi connectivity index (χ1) is 9.36. The fraction of sp³-hybridized carbons (Fsp3) is 0.0588. The SMILES string of the molecule is N#Cc1ccc[n+](Cc2cccc3ccccc23)c1. The Morgan fingerprint density at radius 1 is 0.947 bits per heavy atom. The molecule has 0 radical (unpaired) electrons. The van der Waals surface area contributed by atoms with Crippen LogP contribution in [0.15, 0.2) is 67.0 Å². The Labute approximate surface area is 112 Å². The molecule has 3 rings (SSSR count). The molecule has 0 unspecified atom stereocenters. The fourth-order valence-corrected chi connectivity index (χ4v) is 2.31. The maximum absolute atomic E-state index is 8.94. The highest BCUT2D eigenvalue weighted by molar-refractivity contribution is 5.85. The molecule has 2 heteroatoms. The first kappa shape index (κ1) is 11.4. The van der Waals surface area contributed by atoms with Gasteiger partial charge < -0.3 is 0 Å². The molecule has 1 aromatic heterocycles. The van der Waals surface area contributed by atoms with Crippen LogP contribution in [0, 0.1) is 11.3 Å². The van der Waals surface area contributed by atoms with Gasteiger partial charge in [0.15, 0.2) is 18.9 Å². The van der Waals surface area contributed by atoms with Gasteiger partial charge in [-0.3, -0.25) is 0 Å². The van der Waals surface area contributed by atoms with Crippen LogP contribution >= 0.6 is 0 Å². The number of pyridine rings is 1. The Morgan fingerprint density at radius 2 is 1.79 bits per heavy atom.